The summed E-state index contributed by atoms with van der Waals surface area (Å²) in [4.78, 5) is 7.75. The third kappa shape index (κ3) is 4.94. The van der Waals surface area contributed by atoms with E-state index in [-0.39, 0.29) is 0 Å². The summed E-state index contributed by atoms with van der Waals surface area (Å²) in [7, 11) is 0. The van der Waals surface area contributed by atoms with Crippen LogP contribution in [0.2, 0.25) is 0 Å². The summed E-state index contributed by atoms with van der Waals surface area (Å²) < 4.78 is 5.49. The summed E-state index contributed by atoms with van der Waals surface area (Å²) >= 11 is 0. The number of rotatable bonds is 6. The third-order valence-electron chi connectivity index (χ3n) is 5.36. The third-order valence-corrected chi connectivity index (χ3v) is 5.36. The molecule has 144 valence electrons. The van der Waals surface area contributed by atoms with E-state index in [1.165, 1.54) is 29.1 Å². The molecule has 1 aromatic heterocycles. The Morgan fingerprint density at radius 3 is 2.39 bits per heavy atom. The first-order chi connectivity index (χ1) is 13.8. The monoisotopic (exact) mass is 376 g/mol. The number of nitrogens with one attached hydrogen (secondary N) is 2. The molecule has 2 N–H and O–H groups in total. The Morgan fingerprint density at radius 2 is 1.64 bits per heavy atom. The molecule has 1 fully saturated rings. The fourth-order valence-electron chi connectivity index (χ4n) is 3.62. The highest BCUT2D eigenvalue weighted by atomic mass is 16.5. The van der Waals surface area contributed by atoms with Gasteiger partial charge in [0.1, 0.15) is 26.2 Å². The van der Waals surface area contributed by atoms with Crippen LogP contribution in [-0.4, -0.2) is 42.9 Å². The summed E-state index contributed by atoms with van der Waals surface area (Å²) in [6.07, 6.45) is 4.51. The summed E-state index contributed by atoms with van der Waals surface area (Å²) in [5.41, 5.74) is 3.51. The van der Waals surface area contributed by atoms with Crippen LogP contribution >= 0.6 is 0 Å². The lowest BCUT2D eigenvalue weighted by Crippen LogP contribution is -3.27. The molecule has 0 atom stereocenters. The zero-order valence-corrected chi connectivity index (χ0v) is 16.4. The van der Waals surface area contributed by atoms with Crippen molar-refractivity contribution in [3.05, 3.63) is 77.7 Å². The van der Waals surface area contributed by atoms with E-state index in [2.05, 4.69) is 71.7 Å². The van der Waals surface area contributed by atoms with Crippen LogP contribution in [-0.2, 0) is 6.54 Å². The van der Waals surface area contributed by atoms with E-state index in [1.54, 1.807) is 4.90 Å². The van der Waals surface area contributed by atoms with Crippen LogP contribution in [0.5, 0.6) is 0 Å². The molecule has 0 bridgehead atoms. The molecule has 0 radical (unpaired) electrons. The van der Waals surface area contributed by atoms with Crippen molar-refractivity contribution in [3.63, 3.8) is 0 Å². The summed E-state index contributed by atoms with van der Waals surface area (Å²) in [5, 5.41) is 4.15. The highest BCUT2D eigenvalue weighted by Gasteiger charge is 2.24. The molecule has 0 spiro atoms. The largest absolute Gasteiger partial charge is 0.333 e. The van der Waals surface area contributed by atoms with Crippen LogP contribution < -0.4 is 9.80 Å². The predicted octanol–water partition coefficient (Wildman–Crippen LogP) is 1.04. The SMILES string of the molecule is Cc1ccc(-c2noc(C[NH+]3CC[NH+](C/C=C/c4ccccc4)CC3)n2)cc1. The first kappa shape index (κ1) is 18.6. The Labute approximate surface area is 166 Å². The van der Waals surface area contributed by atoms with Gasteiger partial charge in [-0.25, -0.2) is 0 Å². The number of aromatic nitrogens is 2. The quantitative estimate of drug-likeness (QED) is 0.676. The number of hydrogen-bond donors (Lipinski definition) is 2. The van der Waals surface area contributed by atoms with E-state index in [9.17, 15) is 0 Å². The second kappa shape index (κ2) is 8.95. The average molecular weight is 377 g/mol. The van der Waals surface area contributed by atoms with Crippen LogP contribution in [0.15, 0.2) is 65.2 Å². The standard InChI is InChI=1S/C23H26N4O/c1-19-9-11-21(12-10-19)23-24-22(28-25-23)18-27-16-14-26(15-17-27)13-5-8-20-6-3-2-4-7-20/h2-12H,13-18H2,1H3/p+2/b8-5+. The number of hydrogen-bond acceptors (Lipinski definition) is 3. The first-order valence-corrected chi connectivity index (χ1v) is 10.0. The molecule has 1 saturated heterocycles. The molecule has 5 nitrogen and oxygen atoms in total. The molecule has 0 aliphatic carbocycles. The van der Waals surface area contributed by atoms with E-state index >= 15 is 0 Å². The highest BCUT2D eigenvalue weighted by Crippen LogP contribution is 2.15. The molecule has 2 aromatic carbocycles. The van der Waals surface area contributed by atoms with Gasteiger partial charge in [-0.2, -0.15) is 4.98 Å². The Morgan fingerprint density at radius 1 is 0.929 bits per heavy atom. The number of benzene rings is 2. The molecule has 4 rings (SSSR count). The Balaban J connectivity index is 1.24. The maximum atomic E-state index is 5.49. The zero-order chi connectivity index (χ0) is 19.2. The van der Waals surface area contributed by atoms with Gasteiger partial charge in [0, 0.05) is 5.56 Å². The van der Waals surface area contributed by atoms with Gasteiger partial charge in [0.15, 0.2) is 6.54 Å². The maximum Gasteiger partial charge on any atom is 0.282 e. The molecule has 5 heteroatoms. The van der Waals surface area contributed by atoms with Gasteiger partial charge in [-0.05, 0) is 18.6 Å². The average Bonchev–Trinajstić information content (AvgIpc) is 3.19. The molecule has 1 aliphatic rings. The van der Waals surface area contributed by atoms with E-state index in [1.807, 2.05) is 12.1 Å². The van der Waals surface area contributed by atoms with Gasteiger partial charge < -0.3 is 14.3 Å². The molecular weight excluding hydrogens is 348 g/mol. The molecule has 28 heavy (non-hydrogen) atoms. The van der Waals surface area contributed by atoms with Crippen LogP contribution in [0.1, 0.15) is 17.0 Å². The molecule has 1 aliphatic heterocycles. The number of piperazine rings is 1. The van der Waals surface area contributed by atoms with Crippen molar-refractivity contribution in [1.29, 1.82) is 0 Å². The number of nitrogens with zero attached hydrogens (tertiary/aromatic N) is 2. The molecular formula is C23H28N4O+2. The minimum atomic E-state index is 0.685. The van der Waals surface area contributed by atoms with Gasteiger partial charge in [-0.15, -0.1) is 0 Å². The smallest absolute Gasteiger partial charge is 0.282 e. The van der Waals surface area contributed by atoms with Gasteiger partial charge in [0.25, 0.3) is 5.89 Å². The molecule has 0 unspecified atom stereocenters. The van der Waals surface area contributed by atoms with Gasteiger partial charge in [0.05, 0.1) is 6.54 Å². The van der Waals surface area contributed by atoms with Gasteiger partial charge in [-0.1, -0.05) is 71.4 Å². The Bertz CT molecular complexity index is 894. The number of aryl methyl sites for hydroxylation is 1. The Kier molecular flexibility index (Phi) is 5.95. The topological polar surface area (TPSA) is 47.8 Å². The van der Waals surface area contributed by atoms with Crippen molar-refractivity contribution >= 4 is 6.08 Å². The van der Waals surface area contributed by atoms with E-state index in [0.717, 1.165) is 37.6 Å². The van der Waals surface area contributed by atoms with E-state index in [4.69, 9.17) is 4.52 Å². The lowest BCUT2D eigenvalue weighted by atomic mass is 10.1. The molecule has 0 saturated carbocycles. The first-order valence-electron chi connectivity index (χ1n) is 10.0. The van der Waals surface area contributed by atoms with Gasteiger partial charge in [0.2, 0.25) is 5.82 Å². The van der Waals surface area contributed by atoms with Crippen LogP contribution in [0.4, 0.5) is 0 Å². The van der Waals surface area contributed by atoms with E-state index < -0.39 is 0 Å². The normalized spacial score (nSPS) is 19.9. The minimum Gasteiger partial charge on any atom is -0.333 e. The van der Waals surface area contributed by atoms with Gasteiger partial charge in [-0.3, -0.25) is 0 Å². The summed E-state index contributed by atoms with van der Waals surface area (Å²) in [5.74, 6) is 1.42. The Hall–Kier alpha value is -2.76. The minimum absolute atomic E-state index is 0.685. The van der Waals surface area contributed by atoms with Crippen molar-refractivity contribution in [2.75, 3.05) is 32.7 Å². The molecule has 2 heterocycles. The molecule has 0 amide bonds. The molecule has 3 aromatic rings. The van der Waals surface area contributed by atoms with Crippen LogP contribution in [0, 0.1) is 6.92 Å². The highest BCUT2D eigenvalue weighted by molar-refractivity contribution is 5.54. The second-order valence-electron chi connectivity index (χ2n) is 7.57. The lowest BCUT2D eigenvalue weighted by Gasteiger charge is -2.28. The zero-order valence-electron chi connectivity index (χ0n) is 16.4. The van der Waals surface area contributed by atoms with Gasteiger partial charge >= 0.3 is 0 Å². The maximum absolute atomic E-state index is 5.49. The van der Waals surface area contributed by atoms with E-state index in [0.29, 0.717) is 5.82 Å². The van der Waals surface area contributed by atoms with Crippen LogP contribution in [0.25, 0.3) is 17.5 Å². The fraction of sp³-hybridized carbons (Fsp3) is 0.304. The van der Waals surface area contributed by atoms with Crippen molar-refractivity contribution in [2.24, 2.45) is 0 Å². The lowest BCUT2D eigenvalue weighted by molar-refractivity contribution is -1.02. The summed E-state index contributed by atoms with van der Waals surface area (Å²) in [6.45, 7) is 8.59. The number of quaternary nitrogens is 2. The van der Waals surface area contributed by atoms with Crippen molar-refractivity contribution < 1.29 is 14.3 Å². The predicted molar refractivity (Wildman–Crippen MR) is 110 cm³/mol. The second-order valence-corrected chi connectivity index (χ2v) is 7.57. The van der Waals surface area contributed by atoms with Crippen molar-refractivity contribution in [3.8, 4) is 11.4 Å². The van der Waals surface area contributed by atoms with Crippen molar-refractivity contribution in [2.45, 2.75) is 13.5 Å². The fourth-order valence-corrected chi connectivity index (χ4v) is 3.62. The van der Waals surface area contributed by atoms with Crippen LogP contribution in [0.3, 0.4) is 0 Å². The summed E-state index contributed by atoms with van der Waals surface area (Å²) in [6, 6.07) is 18.7. The van der Waals surface area contributed by atoms with Crippen molar-refractivity contribution in [1.82, 2.24) is 10.1 Å².